The molecule has 8 heteroatoms. The largest absolute Gasteiger partial charge is 0.486 e. The van der Waals surface area contributed by atoms with Gasteiger partial charge in [0, 0.05) is 18.6 Å². The topological polar surface area (TPSA) is 83.2 Å². The number of carbonyl (C=O) groups excluding carboxylic acids is 1. The highest BCUT2D eigenvalue weighted by Crippen LogP contribution is 2.31. The predicted molar refractivity (Wildman–Crippen MR) is 89.4 cm³/mol. The highest BCUT2D eigenvalue weighted by Gasteiger charge is 2.21. The van der Waals surface area contributed by atoms with Gasteiger partial charge >= 0.3 is 0 Å². The SMILES string of the molecule is O=C(Cn1cccn1)Nc1cnn(CC2COc3ccccc3O2)c1. The van der Waals surface area contributed by atoms with E-state index >= 15 is 0 Å². The Morgan fingerprint density at radius 2 is 2.08 bits per heavy atom. The van der Waals surface area contributed by atoms with Crippen LogP contribution in [0.1, 0.15) is 0 Å². The fraction of sp³-hybridized carbons (Fsp3) is 0.235. The minimum Gasteiger partial charge on any atom is -0.486 e. The minimum atomic E-state index is -0.158. The van der Waals surface area contributed by atoms with Gasteiger partial charge in [-0.3, -0.25) is 14.2 Å². The Morgan fingerprint density at radius 1 is 1.20 bits per heavy atom. The first kappa shape index (κ1) is 15.3. The van der Waals surface area contributed by atoms with Gasteiger partial charge in [-0.05, 0) is 18.2 Å². The van der Waals surface area contributed by atoms with Crippen LogP contribution in [0.5, 0.6) is 11.5 Å². The van der Waals surface area contributed by atoms with E-state index in [1.165, 1.54) is 0 Å². The van der Waals surface area contributed by atoms with Gasteiger partial charge in [0.05, 0.1) is 18.4 Å². The van der Waals surface area contributed by atoms with Crippen LogP contribution in [0, 0.1) is 0 Å². The second-order valence-corrected chi connectivity index (χ2v) is 5.70. The smallest absolute Gasteiger partial charge is 0.246 e. The number of hydrogen-bond donors (Lipinski definition) is 1. The Hall–Kier alpha value is -3.29. The van der Waals surface area contributed by atoms with Gasteiger partial charge in [-0.1, -0.05) is 12.1 Å². The molecule has 1 unspecified atom stereocenters. The zero-order valence-corrected chi connectivity index (χ0v) is 13.4. The van der Waals surface area contributed by atoms with E-state index in [0.29, 0.717) is 18.8 Å². The summed E-state index contributed by atoms with van der Waals surface area (Å²) in [5.41, 5.74) is 0.634. The van der Waals surface area contributed by atoms with Crippen LogP contribution in [-0.4, -0.2) is 38.2 Å². The number of aromatic nitrogens is 4. The fourth-order valence-corrected chi connectivity index (χ4v) is 2.63. The number of nitrogens with zero attached hydrogens (tertiary/aromatic N) is 4. The molecule has 0 aliphatic carbocycles. The zero-order chi connectivity index (χ0) is 17.1. The summed E-state index contributed by atoms with van der Waals surface area (Å²) in [4.78, 5) is 12.0. The quantitative estimate of drug-likeness (QED) is 0.763. The van der Waals surface area contributed by atoms with Crippen molar-refractivity contribution in [3.05, 3.63) is 55.1 Å². The van der Waals surface area contributed by atoms with Gasteiger partial charge in [0.2, 0.25) is 5.91 Å². The molecule has 3 heterocycles. The van der Waals surface area contributed by atoms with Gasteiger partial charge in [-0.2, -0.15) is 10.2 Å². The Balaban J connectivity index is 1.33. The van der Waals surface area contributed by atoms with Crippen LogP contribution in [0.25, 0.3) is 0 Å². The first-order valence-electron chi connectivity index (χ1n) is 7.94. The maximum absolute atomic E-state index is 12.0. The molecule has 0 saturated heterocycles. The van der Waals surface area contributed by atoms with E-state index in [1.807, 2.05) is 24.3 Å². The Kier molecular flexibility index (Phi) is 4.07. The van der Waals surface area contributed by atoms with E-state index in [1.54, 1.807) is 40.2 Å². The molecule has 25 heavy (non-hydrogen) atoms. The summed E-state index contributed by atoms with van der Waals surface area (Å²) in [6.45, 7) is 1.15. The molecule has 0 bridgehead atoms. The number of anilines is 1. The molecule has 2 aromatic heterocycles. The van der Waals surface area contributed by atoms with Crippen molar-refractivity contribution < 1.29 is 14.3 Å². The number of hydrogen-bond acceptors (Lipinski definition) is 5. The molecule has 1 N–H and O–H groups in total. The Morgan fingerprint density at radius 3 is 2.92 bits per heavy atom. The summed E-state index contributed by atoms with van der Waals surface area (Å²) < 4.78 is 14.9. The third kappa shape index (κ3) is 3.63. The number of ether oxygens (including phenoxy) is 2. The van der Waals surface area contributed by atoms with Crippen LogP contribution in [0.4, 0.5) is 5.69 Å². The lowest BCUT2D eigenvalue weighted by atomic mass is 10.2. The maximum atomic E-state index is 12.0. The normalized spacial score (nSPS) is 15.8. The van der Waals surface area contributed by atoms with E-state index in [-0.39, 0.29) is 18.6 Å². The van der Waals surface area contributed by atoms with Gasteiger partial charge in [0.1, 0.15) is 13.2 Å². The Labute approximate surface area is 144 Å². The molecule has 1 atom stereocenters. The standard InChI is InChI=1S/C17H17N5O3/c23-17(11-21-7-3-6-18-21)20-13-8-19-22(9-13)10-14-12-24-15-4-1-2-5-16(15)25-14/h1-9,14H,10-12H2,(H,20,23). The number of benzene rings is 1. The Bertz CT molecular complexity index is 859. The maximum Gasteiger partial charge on any atom is 0.246 e. The molecule has 3 aromatic rings. The first-order valence-corrected chi connectivity index (χ1v) is 7.94. The summed E-state index contributed by atoms with van der Waals surface area (Å²) in [6.07, 6.45) is 6.61. The molecule has 1 amide bonds. The van der Waals surface area contributed by atoms with Crippen LogP contribution in [-0.2, 0) is 17.9 Å². The third-order valence-electron chi connectivity index (χ3n) is 3.74. The molecule has 1 aliphatic heterocycles. The van der Waals surface area contributed by atoms with Crippen LogP contribution < -0.4 is 14.8 Å². The number of fused-ring (bicyclic) bond motifs is 1. The molecule has 0 radical (unpaired) electrons. The highest BCUT2D eigenvalue weighted by molar-refractivity contribution is 5.90. The molecule has 8 nitrogen and oxygen atoms in total. The van der Waals surface area contributed by atoms with Crippen molar-refractivity contribution in [1.29, 1.82) is 0 Å². The lowest BCUT2D eigenvalue weighted by molar-refractivity contribution is -0.116. The summed E-state index contributed by atoms with van der Waals surface area (Å²) in [7, 11) is 0. The number of nitrogens with one attached hydrogen (secondary N) is 1. The van der Waals surface area contributed by atoms with Crippen molar-refractivity contribution in [2.24, 2.45) is 0 Å². The molecule has 4 rings (SSSR count). The summed E-state index contributed by atoms with van der Waals surface area (Å²) >= 11 is 0. The molecule has 0 spiro atoms. The molecule has 0 fully saturated rings. The summed E-state index contributed by atoms with van der Waals surface area (Å²) in [6, 6.07) is 9.36. The van der Waals surface area contributed by atoms with Gasteiger partial charge in [-0.25, -0.2) is 0 Å². The second kappa shape index (κ2) is 6.68. The highest BCUT2D eigenvalue weighted by atomic mass is 16.6. The monoisotopic (exact) mass is 339 g/mol. The van der Waals surface area contributed by atoms with Crippen molar-refractivity contribution in [2.75, 3.05) is 11.9 Å². The van der Waals surface area contributed by atoms with Crippen molar-refractivity contribution in [3.8, 4) is 11.5 Å². The molecule has 1 aromatic carbocycles. The minimum absolute atomic E-state index is 0.137. The lowest BCUT2D eigenvalue weighted by Crippen LogP contribution is -2.33. The van der Waals surface area contributed by atoms with Crippen LogP contribution in [0.3, 0.4) is 0 Å². The zero-order valence-electron chi connectivity index (χ0n) is 13.4. The van der Waals surface area contributed by atoms with Crippen LogP contribution >= 0.6 is 0 Å². The number of para-hydroxylation sites is 2. The summed E-state index contributed by atoms with van der Waals surface area (Å²) in [5, 5.41) is 11.1. The number of rotatable bonds is 5. The number of carbonyl (C=O) groups is 1. The van der Waals surface area contributed by atoms with Crippen LogP contribution in [0.2, 0.25) is 0 Å². The molecular formula is C17H17N5O3. The molecule has 0 saturated carbocycles. The second-order valence-electron chi connectivity index (χ2n) is 5.70. The van der Waals surface area contributed by atoms with Crippen molar-refractivity contribution in [1.82, 2.24) is 19.6 Å². The molecule has 128 valence electrons. The van der Waals surface area contributed by atoms with Crippen molar-refractivity contribution >= 4 is 11.6 Å². The van der Waals surface area contributed by atoms with Crippen molar-refractivity contribution in [3.63, 3.8) is 0 Å². The summed E-state index contributed by atoms with van der Waals surface area (Å²) in [5.74, 6) is 1.33. The fourth-order valence-electron chi connectivity index (χ4n) is 2.63. The first-order chi connectivity index (χ1) is 12.3. The van der Waals surface area contributed by atoms with Gasteiger partial charge < -0.3 is 14.8 Å². The van der Waals surface area contributed by atoms with Gasteiger partial charge in [-0.15, -0.1) is 0 Å². The van der Waals surface area contributed by atoms with E-state index in [0.717, 1.165) is 11.5 Å². The molecular weight excluding hydrogens is 322 g/mol. The average molecular weight is 339 g/mol. The van der Waals surface area contributed by atoms with Gasteiger partial charge in [0.15, 0.2) is 17.6 Å². The molecule has 1 aliphatic rings. The van der Waals surface area contributed by atoms with E-state index in [9.17, 15) is 4.79 Å². The van der Waals surface area contributed by atoms with E-state index in [4.69, 9.17) is 9.47 Å². The van der Waals surface area contributed by atoms with E-state index < -0.39 is 0 Å². The lowest BCUT2D eigenvalue weighted by Gasteiger charge is -2.26. The average Bonchev–Trinajstić information content (AvgIpc) is 3.27. The van der Waals surface area contributed by atoms with E-state index in [2.05, 4.69) is 15.5 Å². The number of amides is 1. The van der Waals surface area contributed by atoms with Gasteiger partial charge in [0.25, 0.3) is 0 Å². The van der Waals surface area contributed by atoms with Crippen LogP contribution in [0.15, 0.2) is 55.1 Å². The third-order valence-corrected chi connectivity index (χ3v) is 3.74. The van der Waals surface area contributed by atoms with Crippen molar-refractivity contribution in [2.45, 2.75) is 19.2 Å². The predicted octanol–water partition coefficient (Wildman–Crippen LogP) is 1.56.